The van der Waals surface area contributed by atoms with Crippen molar-refractivity contribution in [1.82, 2.24) is 19.7 Å². The van der Waals surface area contributed by atoms with Gasteiger partial charge in [-0.05, 0) is 26.2 Å². The van der Waals surface area contributed by atoms with Crippen molar-refractivity contribution in [1.29, 1.82) is 0 Å². The molecule has 1 saturated carbocycles. The second-order valence-corrected chi connectivity index (χ2v) is 9.38. The lowest BCUT2D eigenvalue weighted by Gasteiger charge is -2.23. The maximum atomic E-state index is 12.3. The first kappa shape index (κ1) is 16.8. The van der Waals surface area contributed by atoms with E-state index in [-0.39, 0.29) is 29.2 Å². The quantitative estimate of drug-likeness (QED) is 0.703. The van der Waals surface area contributed by atoms with E-state index in [2.05, 4.69) is 21.7 Å². The molecule has 1 aromatic rings. The number of carbonyl (C=O) groups excluding carboxylic acids is 1. The Bertz CT molecular complexity index is 697. The molecule has 1 atom stereocenters. The van der Waals surface area contributed by atoms with E-state index in [0.29, 0.717) is 12.3 Å². The van der Waals surface area contributed by atoms with E-state index in [1.807, 2.05) is 0 Å². The second-order valence-electron chi connectivity index (χ2n) is 6.21. The molecule has 9 heteroatoms. The van der Waals surface area contributed by atoms with Gasteiger partial charge in [0.1, 0.15) is 5.82 Å². The van der Waals surface area contributed by atoms with Crippen LogP contribution in [-0.2, 0) is 21.2 Å². The molecule has 23 heavy (non-hydrogen) atoms. The zero-order chi connectivity index (χ0) is 16.6. The van der Waals surface area contributed by atoms with Gasteiger partial charge in [-0.15, -0.1) is 10.2 Å². The number of aromatic nitrogens is 3. The van der Waals surface area contributed by atoms with Gasteiger partial charge in [0.25, 0.3) is 0 Å². The van der Waals surface area contributed by atoms with Crippen molar-refractivity contribution in [3.05, 3.63) is 5.82 Å². The van der Waals surface area contributed by atoms with Gasteiger partial charge in [-0.2, -0.15) is 0 Å². The lowest BCUT2D eigenvalue weighted by atomic mass is 10.2. The molecule has 1 saturated heterocycles. The van der Waals surface area contributed by atoms with Gasteiger partial charge >= 0.3 is 0 Å². The molecule has 0 spiro atoms. The average Bonchev–Trinajstić information content (AvgIpc) is 3.18. The van der Waals surface area contributed by atoms with Crippen LogP contribution in [0.5, 0.6) is 0 Å². The third-order valence-corrected chi connectivity index (χ3v) is 7.18. The highest BCUT2D eigenvalue weighted by atomic mass is 32.2. The molecule has 2 aliphatic rings. The number of sulfone groups is 1. The van der Waals surface area contributed by atoms with E-state index >= 15 is 0 Å². The minimum Gasteiger partial charge on any atom is -0.341 e. The second kappa shape index (κ2) is 6.43. The predicted octanol–water partition coefficient (Wildman–Crippen LogP) is 0.913. The Morgan fingerprint density at radius 3 is 2.65 bits per heavy atom. The first-order valence-electron chi connectivity index (χ1n) is 7.93. The van der Waals surface area contributed by atoms with Gasteiger partial charge in [0.15, 0.2) is 15.0 Å². The van der Waals surface area contributed by atoms with Crippen molar-refractivity contribution in [2.24, 2.45) is 0 Å². The molecule has 0 radical (unpaired) electrons. The Morgan fingerprint density at radius 1 is 1.35 bits per heavy atom. The van der Waals surface area contributed by atoms with Crippen molar-refractivity contribution in [3.8, 4) is 0 Å². The zero-order valence-corrected chi connectivity index (χ0v) is 15.1. The first-order chi connectivity index (χ1) is 10.9. The highest BCUT2D eigenvalue weighted by molar-refractivity contribution is 7.99. The smallest absolute Gasteiger partial charge is 0.233 e. The van der Waals surface area contributed by atoms with Gasteiger partial charge in [-0.25, -0.2) is 8.42 Å². The van der Waals surface area contributed by atoms with E-state index in [1.54, 1.807) is 11.9 Å². The Balaban J connectivity index is 1.58. The minimum atomic E-state index is -2.98. The van der Waals surface area contributed by atoms with Crippen LogP contribution in [0.2, 0.25) is 0 Å². The van der Waals surface area contributed by atoms with Crippen LogP contribution in [0.1, 0.15) is 37.9 Å². The SMILES string of the molecule is CCn1c(SCC(=O)N(C)[C@@H]2CCS(=O)(=O)C2)nnc1C1CC1. The van der Waals surface area contributed by atoms with E-state index in [4.69, 9.17) is 0 Å². The van der Waals surface area contributed by atoms with Crippen LogP contribution in [0, 0.1) is 0 Å². The molecule has 1 amide bonds. The Morgan fingerprint density at radius 2 is 2.09 bits per heavy atom. The van der Waals surface area contributed by atoms with Crippen LogP contribution in [0.25, 0.3) is 0 Å². The van der Waals surface area contributed by atoms with Crippen molar-refractivity contribution < 1.29 is 13.2 Å². The molecule has 0 aromatic carbocycles. The molecule has 1 aliphatic carbocycles. The number of thioether (sulfide) groups is 1. The molecular weight excluding hydrogens is 336 g/mol. The average molecular weight is 358 g/mol. The topological polar surface area (TPSA) is 85.2 Å². The lowest BCUT2D eigenvalue weighted by Crippen LogP contribution is -2.38. The fraction of sp³-hybridized carbons (Fsp3) is 0.786. The first-order valence-corrected chi connectivity index (χ1v) is 10.7. The third kappa shape index (κ3) is 3.71. The van der Waals surface area contributed by atoms with Crippen molar-refractivity contribution in [3.63, 3.8) is 0 Å². The van der Waals surface area contributed by atoms with Crippen molar-refractivity contribution in [2.45, 2.75) is 49.8 Å². The van der Waals surface area contributed by atoms with E-state index in [0.717, 1.165) is 17.5 Å². The highest BCUT2D eigenvalue weighted by Gasteiger charge is 2.33. The van der Waals surface area contributed by atoms with Gasteiger partial charge in [-0.3, -0.25) is 4.79 Å². The van der Waals surface area contributed by atoms with Crippen LogP contribution >= 0.6 is 11.8 Å². The molecule has 2 fully saturated rings. The molecule has 7 nitrogen and oxygen atoms in total. The normalized spacial score (nSPS) is 23.1. The molecular formula is C14H22N4O3S2. The van der Waals surface area contributed by atoms with Gasteiger partial charge in [0.2, 0.25) is 5.91 Å². The zero-order valence-electron chi connectivity index (χ0n) is 13.4. The number of hydrogen-bond donors (Lipinski definition) is 0. The Hall–Kier alpha value is -1.09. The van der Waals surface area contributed by atoms with E-state index in [1.165, 1.54) is 24.6 Å². The number of amides is 1. The summed E-state index contributed by atoms with van der Waals surface area (Å²) >= 11 is 1.38. The molecule has 1 aromatic heterocycles. The molecule has 0 N–H and O–H groups in total. The minimum absolute atomic E-state index is 0.0595. The van der Waals surface area contributed by atoms with E-state index in [9.17, 15) is 13.2 Å². The number of rotatable bonds is 6. The van der Waals surface area contributed by atoms with Crippen LogP contribution in [0.15, 0.2) is 5.16 Å². The van der Waals surface area contributed by atoms with Crippen molar-refractivity contribution >= 4 is 27.5 Å². The lowest BCUT2D eigenvalue weighted by molar-refractivity contribution is -0.128. The molecule has 1 aliphatic heterocycles. The molecule has 128 valence electrons. The monoisotopic (exact) mass is 358 g/mol. The highest BCUT2D eigenvalue weighted by Crippen LogP contribution is 2.40. The summed E-state index contributed by atoms with van der Waals surface area (Å²) in [5.41, 5.74) is 0. The number of nitrogens with zero attached hydrogens (tertiary/aromatic N) is 4. The van der Waals surface area contributed by atoms with Crippen LogP contribution < -0.4 is 0 Å². The standard InChI is InChI=1S/C14H22N4O3S2/c1-3-18-13(10-4-5-10)15-16-14(18)22-8-12(19)17(2)11-6-7-23(20,21)9-11/h10-11H,3-9H2,1-2H3/t11-/m1/s1. The summed E-state index contributed by atoms with van der Waals surface area (Å²) in [5, 5.41) is 9.24. The molecule has 2 heterocycles. The predicted molar refractivity (Wildman–Crippen MR) is 88.2 cm³/mol. The Labute approximate surface area is 140 Å². The number of carbonyl (C=O) groups is 1. The van der Waals surface area contributed by atoms with Crippen molar-refractivity contribution in [2.75, 3.05) is 24.3 Å². The molecule has 0 bridgehead atoms. The van der Waals surface area contributed by atoms with Gasteiger partial charge in [0.05, 0.1) is 17.3 Å². The van der Waals surface area contributed by atoms with Crippen LogP contribution in [0.4, 0.5) is 0 Å². The van der Waals surface area contributed by atoms with Crippen LogP contribution in [0.3, 0.4) is 0 Å². The molecule has 3 rings (SSSR count). The fourth-order valence-electron chi connectivity index (χ4n) is 2.86. The van der Waals surface area contributed by atoms with Gasteiger partial charge in [0, 0.05) is 25.6 Å². The van der Waals surface area contributed by atoms with E-state index < -0.39 is 9.84 Å². The summed E-state index contributed by atoms with van der Waals surface area (Å²) < 4.78 is 25.2. The summed E-state index contributed by atoms with van der Waals surface area (Å²) in [6, 6.07) is -0.195. The summed E-state index contributed by atoms with van der Waals surface area (Å²) in [6.45, 7) is 2.85. The number of hydrogen-bond acceptors (Lipinski definition) is 6. The maximum Gasteiger partial charge on any atom is 0.233 e. The third-order valence-electron chi connectivity index (χ3n) is 4.48. The summed E-state index contributed by atoms with van der Waals surface area (Å²) in [5.74, 6) is 2.01. The Kier molecular flexibility index (Phi) is 4.68. The van der Waals surface area contributed by atoms with Gasteiger partial charge in [-0.1, -0.05) is 11.8 Å². The summed E-state index contributed by atoms with van der Waals surface area (Å²) in [4.78, 5) is 13.9. The largest absolute Gasteiger partial charge is 0.341 e. The summed E-state index contributed by atoms with van der Waals surface area (Å²) in [6.07, 6.45) is 2.87. The molecule has 0 unspecified atom stereocenters. The summed E-state index contributed by atoms with van der Waals surface area (Å²) in [7, 11) is -1.29. The van der Waals surface area contributed by atoms with Crippen LogP contribution in [-0.4, -0.2) is 64.3 Å². The maximum absolute atomic E-state index is 12.3. The fourth-order valence-corrected chi connectivity index (χ4v) is 5.57. The van der Waals surface area contributed by atoms with Gasteiger partial charge < -0.3 is 9.47 Å².